The van der Waals surface area contributed by atoms with Crippen molar-refractivity contribution in [3.63, 3.8) is 0 Å². The van der Waals surface area contributed by atoms with Gasteiger partial charge in [-0.05, 0) is 133 Å². The van der Waals surface area contributed by atoms with Crippen LogP contribution >= 0.6 is 37.9 Å². The van der Waals surface area contributed by atoms with Gasteiger partial charge in [-0.2, -0.15) is 37.9 Å². The van der Waals surface area contributed by atoms with Gasteiger partial charge in [0.1, 0.15) is 0 Å². The molecule has 0 rings (SSSR count). The topological polar surface area (TPSA) is 84.8 Å². The standard InChI is InChI=1S/C36H74O8S3/c1-29(2,15-18-45)38-22-33(9,10)42-26-36(25-41-32(7,8)21-37,27-43-34(11,12)23-39-30(3,4)16-19-46)28-44-35(13,14)24-40-31(5,6)17-20-47/h37,45-47H,15-28H2,1-14H3. The first-order valence-corrected chi connectivity index (χ1v) is 19.0. The number of ether oxygens (including phenoxy) is 7. The third-order valence-corrected chi connectivity index (χ3v) is 8.70. The van der Waals surface area contributed by atoms with E-state index in [-0.39, 0.29) is 49.8 Å². The molecule has 0 amide bonds. The number of thiol groups is 3. The van der Waals surface area contributed by atoms with Crippen LogP contribution in [0.4, 0.5) is 0 Å². The summed E-state index contributed by atoms with van der Waals surface area (Å²) in [5.41, 5.74) is -4.34. The van der Waals surface area contributed by atoms with Gasteiger partial charge in [-0.25, -0.2) is 0 Å². The van der Waals surface area contributed by atoms with E-state index in [0.717, 1.165) is 36.5 Å². The Hall–Kier alpha value is 0.730. The van der Waals surface area contributed by atoms with Crippen LogP contribution in [0.1, 0.15) is 116 Å². The second-order valence-electron chi connectivity index (χ2n) is 17.4. The summed E-state index contributed by atoms with van der Waals surface area (Å²) in [6.07, 6.45) is 2.48. The van der Waals surface area contributed by atoms with Crippen molar-refractivity contribution in [2.45, 2.75) is 155 Å². The van der Waals surface area contributed by atoms with E-state index in [9.17, 15) is 5.11 Å². The fraction of sp³-hybridized carbons (Fsp3) is 1.00. The first-order valence-electron chi connectivity index (χ1n) is 17.1. The first-order chi connectivity index (χ1) is 21.2. The Balaban J connectivity index is 6.32. The molecule has 8 nitrogen and oxygen atoms in total. The Morgan fingerprint density at radius 3 is 0.766 bits per heavy atom. The first kappa shape index (κ1) is 47.7. The maximum absolute atomic E-state index is 10.1. The molecule has 284 valence electrons. The van der Waals surface area contributed by atoms with Crippen molar-refractivity contribution < 1.29 is 38.3 Å². The zero-order chi connectivity index (χ0) is 36.8. The van der Waals surface area contributed by atoms with Crippen LogP contribution in [-0.2, 0) is 33.2 Å². The maximum Gasteiger partial charge on any atom is 0.0859 e. The molecule has 0 aliphatic carbocycles. The van der Waals surface area contributed by atoms with Crippen molar-refractivity contribution in [3.8, 4) is 0 Å². The van der Waals surface area contributed by atoms with Gasteiger partial charge < -0.3 is 38.3 Å². The van der Waals surface area contributed by atoms with Crippen molar-refractivity contribution in [2.75, 3.05) is 70.1 Å². The summed E-state index contributed by atoms with van der Waals surface area (Å²) < 4.78 is 45.2. The Bertz CT molecular complexity index is 766. The van der Waals surface area contributed by atoms with E-state index in [2.05, 4.69) is 79.4 Å². The molecule has 0 aromatic carbocycles. The summed E-state index contributed by atoms with van der Waals surface area (Å²) in [7, 11) is 0. The molecule has 0 fully saturated rings. The molecule has 0 heterocycles. The fourth-order valence-corrected chi connectivity index (χ4v) is 5.56. The van der Waals surface area contributed by atoms with Crippen LogP contribution in [0.25, 0.3) is 0 Å². The predicted molar refractivity (Wildman–Crippen MR) is 205 cm³/mol. The van der Waals surface area contributed by atoms with Crippen molar-refractivity contribution >= 4 is 37.9 Å². The van der Waals surface area contributed by atoms with Gasteiger partial charge in [-0.1, -0.05) is 0 Å². The Kier molecular flexibility index (Phi) is 20.4. The Morgan fingerprint density at radius 2 is 0.553 bits per heavy atom. The number of hydrogen-bond acceptors (Lipinski definition) is 11. The molecular formula is C36H74O8S3. The largest absolute Gasteiger partial charge is 0.393 e. The molecule has 47 heavy (non-hydrogen) atoms. The highest BCUT2D eigenvalue weighted by molar-refractivity contribution is 7.80. The monoisotopic (exact) mass is 730 g/mol. The van der Waals surface area contributed by atoms with Crippen LogP contribution in [0.3, 0.4) is 0 Å². The summed E-state index contributed by atoms with van der Waals surface area (Å²) in [5.74, 6) is 2.21. The fourth-order valence-electron chi connectivity index (χ4n) is 3.95. The van der Waals surface area contributed by atoms with Gasteiger partial charge in [0.2, 0.25) is 0 Å². The summed E-state index contributed by atoms with van der Waals surface area (Å²) in [5, 5.41) is 10.1. The third kappa shape index (κ3) is 22.3. The molecule has 0 aromatic heterocycles. The summed E-state index contributed by atoms with van der Waals surface area (Å²) in [6, 6.07) is 0. The lowest BCUT2D eigenvalue weighted by Crippen LogP contribution is -2.51. The smallest absolute Gasteiger partial charge is 0.0859 e. The van der Waals surface area contributed by atoms with Gasteiger partial charge in [0.05, 0.1) is 97.5 Å². The maximum atomic E-state index is 10.1. The highest BCUT2D eigenvalue weighted by Crippen LogP contribution is 2.31. The normalized spacial score (nSPS) is 14.7. The molecule has 0 bridgehead atoms. The number of aliphatic hydroxyl groups excluding tert-OH is 1. The lowest BCUT2D eigenvalue weighted by Gasteiger charge is -2.42. The number of aliphatic hydroxyl groups is 1. The molecule has 0 aliphatic heterocycles. The molecular weight excluding hydrogens is 657 g/mol. The summed E-state index contributed by atoms with van der Waals surface area (Å²) >= 11 is 13.2. The Morgan fingerprint density at radius 1 is 0.340 bits per heavy atom. The molecule has 0 unspecified atom stereocenters. The average Bonchev–Trinajstić information content (AvgIpc) is 2.94. The highest BCUT2D eigenvalue weighted by atomic mass is 32.1. The van der Waals surface area contributed by atoms with E-state index < -0.39 is 27.8 Å². The van der Waals surface area contributed by atoms with Crippen LogP contribution < -0.4 is 0 Å². The molecule has 0 aliphatic rings. The third-order valence-electron chi connectivity index (χ3n) is 8.03. The average molecular weight is 731 g/mol. The van der Waals surface area contributed by atoms with Gasteiger partial charge in [-0.3, -0.25) is 0 Å². The predicted octanol–water partition coefficient (Wildman–Crippen LogP) is 7.49. The van der Waals surface area contributed by atoms with Crippen LogP contribution in [0.5, 0.6) is 0 Å². The van der Waals surface area contributed by atoms with Crippen LogP contribution in [-0.4, -0.2) is 114 Å². The van der Waals surface area contributed by atoms with Crippen molar-refractivity contribution in [1.29, 1.82) is 0 Å². The van der Waals surface area contributed by atoms with Gasteiger partial charge in [-0.15, -0.1) is 0 Å². The molecule has 0 saturated heterocycles. The number of rotatable bonds is 28. The molecule has 1 N–H and O–H groups in total. The van der Waals surface area contributed by atoms with E-state index in [1.165, 1.54) is 0 Å². The van der Waals surface area contributed by atoms with Crippen LogP contribution in [0.2, 0.25) is 0 Å². The zero-order valence-electron chi connectivity index (χ0n) is 32.5. The lowest BCUT2D eigenvalue weighted by molar-refractivity contribution is -0.215. The van der Waals surface area contributed by atoms with Gasteiger partial charge in [0.25, 0.3) is 0 Å². The molecule has 0 saturated carbocycles. The molecule has 0 spiro atoms. The summed E-state index contributed by atoms with van der Waals surface area (Å²) in [4.78, 5) is 0. The van der Waals surface area contributed by atoms with Gasteiger partial charge >= 0.3 is 0 Å². The van der Waals surface area contributed by atoms with Crippen molar-refractivity contribution in [1.82, 2.24) is 0 Å². The van der Waals surface area contributed by atoms with Crippen LogP contribution in [0, 0.1) is 5.41 Å². The summed E-state index contributed by atoms with van der Waals surface area (Å²) in [6.45, 7) is 30.4. The van der Waals surface area contributed by atoms with Crippen LogP contribution in [0.15, 0.2) is 0 Å². The second kappa shape index (κ2) is 20.1. The molecule has 0 radical (unpaired) electrons. The minimum atomic E-state index is -0.772. The molecule has 0 aromatic rings. The van der Waals surface area contributed by atoms with Crippen molar-refractivity contribution in [2.24, 2.45) is 5.41 Å². The molecule has 0 atom stereocenters. The van der Waals surface area contributed by atoms with Gasteiger partial charge in [0.15, 0.2) is 0 Å². The quantitative estimate of drug-likeness (QED) is 0.0617. The Labute approximate surface area is 306 Å². The van der Waals surface area contributed by atoms with Crippen molar-refractivity contribution in [3.05, 3.63) is 0 Å². The highest BCUT2D eigenvalue weighted by Gasteiger charge is 2.41. The van der Waals surface area contributed by atoms with E-state index in [1.54, 1.807) is 0 Å². The van der Waals surface area contributed by atoms with E-state index in [1.807, 2.05) is 55.4 Å². The lowest BCUT2D eigenvalue weighted by atomic mass is 9.90. The van der Waals surface area contributed by atoms with E-state index in [0.29, 0.717) is 19.8 Å². The second-order valence-corrected chi connectivity index (χ2v) is 18.8. The van der Waals surface area contributed by atoms with Gasteiger partial charge in [0, 0.05) is 0 Å². The van der Waals surface area contributed by atoms with E-state index >= 15 is 0 Å². The zero-order valence-corrected chi connectivity index (χ0v) is 35.2. The minimum Gasteiger partial charge on any atom is -0.393 e. The number of hydrogen-bond donors (Lipinski definition) is 4. The SMILES string of the molecule is CC(C)(CO)OCC(COC(C)(C)COC(C)(C)CCS)(COC(C)(C)COC(C)(C)CCS)COC(C)(C)COC(C)(C)CCS. The minimum absolute atomic E-state index is 0.135. The molecule has 11 heteroatoms. The van der Waals surface area contributed by atoms with E-state index in [4.69, 9.17) is 33.2 Å².